The van der Waals surface area contributed by atoms with E-state index >= 15 is 0 Å². The first-order valence-corrected chi connectivity index (χ1v) is 5.57. The van der Waals surface area contributed by atoms with Gasteiger partial charge in [-0.2, -0.15) is 0 Å². The molecule has 1 heterocycles. The highest BCUT2D eigenvalue weighted by Crippen LogP contribution is 2.19. The Morgan fingerprint density at radius 1 is 1.44 bits per heavy atom. The molecule has 94 valence electrons. The van der Waals surface area contributed by atoms with Crippen LogP contribution in [0.15, 0.2) is 30.5 Å². The molecule has 1 amide bonds. The van der Waals surface area contributed by atoms with Gasteiger partial charge in [-0.25, -0.2) is 0 Å². The summed E-state index contributed by atoms with van der Waals surface area (Å²) in [6, 6.07) is 7.24. The fourth-order valence-electron chi connectivity index (χ4n) is 1.62. The summed E-state index contributed by atoms with van der Waals surface area (Å²) in [6.45, 7) is 0.156. The summed E-state index contributed by atoms with van der Waals surface area (Å²) >= 11 is 0. The van der Waals surface area contributed by atoms with Gasteiger partial charge in [-0.15, -0.1) is 0 Å². The quantitative estimate of drug-likeness (QED) is 0.843. The number of hydrogen-bond donors (Lipinski definition) is 2. The summed E-state index contributed by atoms with van der Waals surface area (Å²) in [5.74, 6) is 0.488. The molecule has 0 saturated heterocycles. The Balaban J connectivity index is 2.30. The Morgan fingerprint density at radius 2 is 2.28 bits per heavy atom. The lowest BCUT2D eigenvalue weighted by molar-refractivity contribution is 0.0944. The van der Waals surface area contributed by atoms with Crippen molar-refractivity contribution in [3.8, 4) is 5.75 Å². The molecule has 5 nitrogen and oxygen atoms in total. The van der Waals surface area contributed by atoms with Gasteiger partial charge in [-0.1, -0.05) is 0 Å². The number of aliphatic hydroxyl groups excluding tert-OH is 1. The van der Waals surface area contributed by atoms with E-state index in [1.165, 1.54) is 6.20 Å². The van der Waals surface area contributed by atoms with Gasteiger partial charge in [0.2, 0.25) is 0 Å². The smallest absolute Gasteiger partial charge is 0.252 e. The minimum absolute atomic E-state index is 0.0794. The van der Waals surface area contributed by atoms with Gasteiger partial charge in [0, 0.05) is 24.2 Å². The van der Waals surface area contributed by atoms with Gasteiger partial charge in [-0.05, 0) is 18.2 Å². The van der Waals surface area contributed by atoms with Gasteiger partial charge in [0.05, 0.1) is 24.8 Å². The Kier molecular flexibility index (Phi) is 3.74. The average molecular weight is 246 g/mol. The van der Waals surface area contributed by atoms with Crippen LogP contribution in [0, 0.1) is 0 Å². The molecule has 0 unspecified atom stereocenters. The summed E-state index contributed by atoms with van der Waals surface area (Å²) in [7, 11) is 1.60. The zero-order chi connectivity index (χ0) is 13.0. The number of fused-ring (bicyclic) bond motifs is 1. The van der Waals surface area contributed by atoms with E-state index in [0.717, 1.165) is 16.7 Å². The Bertz CT molecular complexity index is 569. The fourth-order valence-corrected chi connectivity index (χ4v) is 1.62. The second-order valence-electron chi connectivity index (χ2n) is 3.76. The minimum Gasteiger partial charge on any atom is -0.497 e. The van der Waals surface area contributed by atoms with E-state index < -0.39 is 0 Å². The van der Waals surface area contributed by atoms with Crippen molar-refractivity contribution < 1.29 is 14.6 Å². The number of carbonyl (C=O) groups is 1. The molecule has 0 saturated carbocycles. The van der Waals surface area contributed by atoms with Crippen LogP contribution in [-0.2, 0) is 0 Å². The molecule has 1 aromatic carbocycles. The molecule has 2 aromatic rings. The maximum Gasteiger partial charge on any atom is 0.252 e. The van der Waals surface area contributed by atoms with Crippen molar-refractivity contribution in [1.29, 1.82) is 0 Å². The summed E-state index contributed by atoms with van der Waals surface area (Å²) in [5.41, 5.74) is 1.24. The Hall–Kier alpha value is -2.14. The van der Waals surface area contributed by atoms with Gasteiger partial charge in [0.15, 0.2) is 0 Å². The molecule has 0 radical (unpaired) electrons. The SMILES string of the molecule is COc1ccc2cc(C(=O)NCCO)cnc2c1. The van der Waals surface area contributed by atoms with E-state index in [-0.39, 0.29) is 19.1 Å². The molecular weight excluding hydrogens is 232 g/mol. The molecule has 0 fully saturated rings. The van der Waals surface area contributed by atoms with E-state index in [9.17, 15) is 4.79 Å². The molecule has 0 bridgehead atoms. The number of aromatic nitrogens is 1. The summed E-state index contributed by atoms with van der Waals surface area (Å²) in [4.78, 5) is 15.9. The third-order valence-corrected chi connectivity index (χ3v) is 2.55. The minimum atomic E-state index is -0.241. The molecule has 0 atom stereocenters. The first-order chi connectivity index (χ1) is 8.74. The van der Waals surface area contributed by atoms with Crippen molar-refractivity contribution in [3.63, 3.8) is 0 Å². The Labute approximate surface area is 104 Å². The maximum absolute atomic E-state index is 11.7. The van der Waals surface area contributed by atoms with Crippen LogP contribution in [-0.4, -0.2) is 36.3 Å². The summed E-state index contributed by atoms with van der Waals surface area (Å²) in [6.07, 6.45) is 1.51. The predicted molar refractivity (Wildman–Crippen MR) is 67.7 cm³/mol. The molecule has 0 aliphatic carbocycles. The molecule has 2 N–H and O–H groups in total. The van der Waals surface area contributed by atoms with Crippen molar-refractivity contribution >= 4 is 16.8 Å². The largest absolute Gasteiger partial charge is 0.497 e. The van der Waals surface area contributed by atoms with E-state index in [1.807, 2.05) is 18.2 Å². The number of rotatable bonds is 4. The standard InChI is InChI=1S/C13H14N2O3/c1-18-11-3-2-9-6-10(8-15-12(9)7-11)13(17)14-4-5-16/h2-3,6-8,16H,4-5H2,1H3,(H,14,17). The van der Waals surface area contributed by atoms with Crippen molar-refractivity contribution in [3.05, 3.63) is 36.0 Å². The first kappa shape index (κ1) is 12.3. The van der Waals surface area contributed by atoms with Crippen LogP contribution in [0.1, 0.15) is 10.4 Å². The number of carbonyl (C=O) groups excluding carboxylic acids is 1. The number of hydrogen-bond acceptors (Lipinski definition) is 4. The second-order valence-corrected chi connectivity index (χ2v) is 3.76. The first-order valence-electron chi connectivity index (χ1n) is 5.57. The van der Waals surface area contributed by atoms with Crippen LogP contribution in [0.25, 0.3) is 10.9 Å². The lowest BCUT2D eigenvalue weighted by atomic mass is 10.1. The lowest BCUT2D eigenvalue weighted by Crippen LogP contribution is -2.26. The fraction of sp³-hybridized carbons (Fsp3) is 0.231. The van der Waals surface area contributed by atoms with Crippen LogP contribution < -0.4 is 10.1 Å². The van der Waals surface area contributed by atoms with E-state index in [1.54, 1.807) is 13.2 Å². The highest BCUT2D eigenvalue weighted by Gasteiger charge is 2.06. The zero-order valence-electron chi connectivity index (χ0n) is 10.0. The van der Waals surface area contributed by atoms with E-state index in [2.05, 4.69) is 10.3 Å². The van der Waals surface area contributed by atoms with E-state index in [0.29, 0.717) is 5.56 Å². The molecule has 18 heavy (non-hydrogen) atoms. The van der Waals surface area contributed by atoms with Crippen molar-refractivity contribution in [2.75, 3.05) is 20.3 Å². The molecular formula is C13H14N2O3. The third kappa shape index (κ3) is 2.57. The number of pyridine rings is 1. The number of aliphatic hydroxyl groups is 1. The number of nitrogens with one attached hydrogen (secondary N) is 1. The summed E-state index contributed by atoms with van der Waals surface area (Å²) < 4.78 is 5.11. The monoisotopic (exact) mass is 246 g/mol. The van der Waals surface area contributed by atoms with Gasteiger partial charge >= 0.3 is 0 Å². The van der Waals surface area contributed by atoms with Crippen molar-refractivity contribution in [1.82, 2.24) is 10.3 Å². The number of nitrogens with zero attached hydrogens (tertiary/aromatic N) is 1. The maximum atomic E-state index is 11.7. The highest BCUT2D eigenvalue weighted by molar-refractivity contribution is 5.97. The van der Waals surface area contributed by atoms with Crippen LogP contribution in [0.3, 0.4) is 0 Å². The topological polar surface area (TPSA) is 71.5 Å². The molecule has 2 rings (SSSR count). The number of amides is 1. The zero-order valence-corrected chi connectivity index (χ0v) is 10.0. The van der Waals surface area contributed by atoms with Crippen LogP contribution in [0.4, 0.5) is 0 Å². The van der Waals surface area contributed by atoms with Crippen LogP contribution in [0.2, 0.25) is 0 Å². The average Bonchev–Trinajstić information content (AvgIpc) is 2.43. The van der Waals surface area contributed by atoms with Gasteiger partial charge in [0.1, 0.15) is 5.75 Å². The third-order valence-electron chi connectivity index (χ3n) is 2.55. The van der Waals surface area contributed by atoms with Gasteiger partial charge in [0.25, 0.3) is 5.91 Å². The van der Waals surface area contributed by atoms with E-state index in [4.69, 9.17) is 9.84 Å². The number of ether oxygens (including phenoxy) is 1. The molecule has 1 aromatic heterocycles. The van der Waals surface area contributed by atoms with Gasteiger partial charge in [-0.3, -0.25) is 9.78 Å². The molecule has 5 heteroatoms. The second kappa shape index (κ2) is 5.46. The van der Waals surface area contributed by atoms with Gasteiger partial charge < -0.3 is 15.2 Å². The number of methoxy groups -OCH3 is 1. The van der Waals surface area contributed by atoms with Crippen molar-refractivity contribution in [2.24, 2.45) is 0 Å². The molecule has 0 spiro atoms. The number of benzene rings is 1. The Morgan fingerprint density at radius 3 is 3.00 bits per heavy atom. The molecule has 0 aliphatic rings. The normalized spacial score (nSPS) is 10.3. The van der Waals surface area contributed by atoms with Crippen LogP contribution >= 0.6 is 0 Å². The highest BCUT2D eigenvalue weighted by atomic mass is 16.5. The lowest BCUT2D eigenvalue weighted by Gasteiger charge is -2.05. The predicted octanol–water partition coefficient (Wildman–Crippen LogP) is 0.965. The summed E-state index contributed by atoms with van der Waals surface area (Å²) in [5, 5.41) is 12.1. The molecule has 0 aliphatic heterocycles. The van der Waals surface area contributed by atoms with Crippen LogP contribution in [0.5, 0.6) is 5.75 Å². The van der Waals surface area contributed by atoms with Crippen molar-refractivity contribution in [2.45, 2.75) is 0 Å².